The van der Waals surface area contributed by atoms with Gasteiger partial charge in [0, 0.05) is 35.8 Å². The monoisotopic (exact) mass is 400 g/mol. The molecule has 1 aliphatic heterocycles. The molecule has 2 aromatic rings. The Bertz CT molecular complexity index is 1080. The quantitative estimate of drug-likeness (QED) is 0.739. The molecular formula is C25H24N2O3. The second kappa shape index (κ2) is 8.08. The van der Waals surface area contributed by atoms with Crippen LogP contribution in [0.3, 0.4) is 0 Å². The Labute approximate surface area is 176 Å². The summed E-state index contributed by atoms with van der Waals surface area (Å²) >= 11 is 0. The van der Waals surface area contributed by atoms with Gasteiger partial charge in [-0.05, 0) is 36.6 Å². The maximum atomic E-state index is 13.2. The number of fused-ring (bicyclic) bond motifs is 1. The van der Waals surface area contributed by atoms with Gasteiger partial charge in [0.25, 0.3) is 0 Å². The number of carbonyl (C=O) groups is 1. The number of nitrogens with zero attached hydrogens (tertiary/aromatic N) is 2. The molecule has 0 spiro atoms. The average molecular weight is 400 g/mol. The number of allylic oxidation sites excluding steroid dienone is 3. The highest BCUT2D eigenvalue weighted by Gasteiger charge is 2.39. The van der Waals surface area contributed by atoms with E-state index in [0.29, 0.717) is 35.6 Å². The van der Waals surface area contributed by atoms with E-state index in [2.05, 4.69) is 23.1 Å². The SMILES string of the molecule is COc1cc2c(cc1OC)C(=O)C(C1C=CN(Cc3ccccc3)C(C)=C1C#N)C2. The molecule has 0 bridgehead atoms. The molecule has 2 unspecified atom stereocenters. The fourth-order valence-electron chi connectivity index (χ4n) is 4.38. The van der Waals surface area contributed by atoms with Crippen molar-refractivity contribution in [2.24, 2.45) is 11.8 Å². The van der Waals surface area contributed by atoms with E-state index in [1.807, 2.05) is 43.5 Å². The topological polar surface area (TPSA) is 62.6 Å². The minimum atomic E-state index is -0.295. The summed E-state index contributed by atoms with van der Waals surface area (Å²) < 4.78 is 10.7. The zero-order chi connectivity index (χ0) is 21.3. The number of rotatable bonds is 5. The molecule has 30 heavy (non-hydrogen) atoms. The number of ether oxygens (including phenoxy) is 2. The van der Waals surface area contributed by atoms with Crippen molar-refractivity contribution in [3.8, 4) is 17.6 Å². The molecule has 2 aromatic carbocycles. The third-order valence-electron chi connectivity index (χ3n) is 6.03. The van der Waals surface area contributed by atoms with E-state index in [9.17, 15) is 10.1 Å². The van der Waals surface area contributed by atoms with E-state index in [1.165, 1.54) is 5.56 Å². The van der Waals surface area contributed by atoms with Crippen molar-refractivity contribution in [1.82, 2.24) is 4.90 Å². The van der Waals surface area contributed by atoms with Crippen LogP contribution in [0, 0.1) is 23.2 Å². The van der Waals surface area contributed by atoms with Gasteiger partial charge < -0.3 is 14.4 Å². The molecule has 152 valence electrons. The highest BCUT2D eigenvalue weighted by molar-refractivity contribution is 6.03. The highest BCUT2D eigenvalue weighted by atomic mass is 16.5. The number of carbonyl (C=O) groups excluding carboxylic acids is 1. The van der Waals surface area contributed by atoms with E-state index in [-0.39, 0.29) is 17.6 Å². The molecule has 1 aliphatic carbocycles. The molecule has 0 saturated heterocycles. The molecule has 0 amide bonds. The molecule has 0 radical (unpaired) electrons. The molecule has 0 aromatic heterocycles. The Morgan fingerprint density at radius 1 is 1.13 bits per heavy atom. The molecule has 0 N–H and O–H groups in total. The standard InChI is InChI=1S/C25H24N2O3/c1-16-22(14-26)19(9-10-27(16)15-17-7-5-4-6-8-17)21-11-18-12-23(29-2)24(30-3)13-20(18)25(21)28/h4-10,12-13,19,21H,11,15H2,1-3H3. The fourth-order valence-corrected chi connectivity index (χ4v) is 4.38. The van der Waals surface area contributed by atoms with Crippen LogP contribution in [0.15, 0.2) is 66.0 Å². The normalized spacial score (nSPS) is 20.2. The van der Waals surface area contributed by atoms with E-state index in [0.717, 1.165) is 11.3 Å². The van der Waals surface area contributed by atoms with E-state index >= 15 is 0 Å². The Morgan fingerprint density at radius 3 is 2.50 bits per heavy atom. The Hall–Kier alpha value is -3.52. The predicted molar refractivity (Wildman–Crippen MR) is 114 cm³/mol. The second-order valence-corrected chi connectivity index (χ2v) is 7.63. The fraction of sp³-hybridized carbons (Fsp3) is 0.280. The Balaban J connectivity index is 1.62. The van der Waals surface area contributed by atoms with Crippen molar-refractivity contribution in [2.75, 3.05) is 14.2 Å². The van der Waals surface area contributed by atoms with E-state index < -0.39 is 0 Å². The molecule has 0 saturated carbocycles. The third-order valence-corrected chi connectivity index (χ3v) is 6.03. The average Bonchev–Trinajstić information content (AvgIpc) is 3.10. The minimum absolute atomic E-state index is 0.0534. The second-order valence-electron chi connectivity index (χ2n) is 7.63. The summed E-state index contributed by atoms with van der Waals surface area (Å²) in [6.07, 6.45) is 4.59. The van der Waals surface area contributed by atoms with Crippen LogP contribution < -0.4 is 9.47 Å². The van der Waals surface area contributed by atoms with Gasteiger partial charge in [0.05, 0.1) is 25.9 Å². The Kier molecular flexibility index (Phi) is 5.33. The van der Waals surface area contributed by atoms with Crippen LogP contribution in [-0.2, 0) is 13.0 Å². The van der Waals surface area contributed by atoms with Crippen LogP contribution >= 0.6 is 0 Å². The predicted octanol–water partition coefficient (Wildman–Crippen LogP) is 4.50. The van der Waals surface area contributed by atoms with E-state index in [1.54, 1.807) is 20.3 Å². The van der Waals surface area contributed by atoms with Crippen molar-refractivity contribution in [2.45, 2.75) is 19.9 Å². The zero-order valence-electron chi connectivity index (χ0n) is 17.4. The third kappa shape index (κ3) is 3.35. The largest absolute Gasteiger partial charge is 0.493 e. The molecule has 4 rings (SSSR count). The molecule has 0 fully saturated rings. The first kappa shape index (κ1) is 19.8. The van der Waals surface area contributed by atoms with Crippen LogP contribution in [0.1, 0.15) is 28.4 Å². The number of hydrogen-bond donors (Lipinski definition) is 0. The maximum Gasteiger partial charge on any atom is 0.167 e. The maximum absolute atomic E-state index is 13.2. The summed E-state index contributed by atoms with van der Waals surface area (Å²) in [6, 6.07) is 16.1. The van der Waals surface area contributed by atoms with Gasteiger partial charge in [-0.3, -0.25) is 4.79 Å². The van der Waals surface area contributed by atoms with Crippen molar-refractivity contribution >= 4 is 5.78 Å². The summed E-state index contributed by atoms with van der Waals surface area (Å²) in [6.45, 7) is 2.64. The number of hydrogen-bond acceptors (Lipinski definition) is 5. The van der Waals surface area contributed by atoms with Gasteiger partial charge in [0.2, 0.25) is 0 Å². The number of methoxy groups -OCH3 is 2. The minimum Gasteiger partial charge on any atom is -0.493 e. The van der Waals surface area contributed by atoms with E-state index in [4.69, 9.17) is 9.47 Å². The van der Waals surface area contributed by atoms with Gasteiger partial charge in [-0.15, -0.1) is 0 Å². The van der Waals surface area contributed by atoms with Crippen molar-refractivity contribution in [3.63, 3.8) is 0 Å². The lowest BCUT2D eigenvalue weighted by Crippen LogP contribution is -2.28. The Morgan fingerprint density at radius 2 is 1.83 bits per heavy atom. The molecule has 5 heteroatoms. The van der Waals surface area contributed by atoms with Crippen LogP contribution in [0.25, 0.3) is 0 Å². The van der Waals surface area contributed by atoms with Gasteiger partial charge in [0.15, 0.2) is 17.3 Å². The lowest BCUT2D eigenvalue weighted by atomic mass is 9.81. The summed E-state index contributed by atoms with van der Waals surface area (Å²) in [5.74, 6) is 0.684. The first-order chi connectivity index (χ1) is 14.6. The highest BCUT2D eigenvalue weighted by Crippen LogP contribution is 2.42. The number of nitriles is 1. The van der Waals surface area contributed by atoms with Gasteiger partial charge in [0.1, 0.15) is 0 Å². The van der Waals surface area contributed by atoms with Crippen molar-refractivity contribution in [1.29, 1.82) is 5.26 Å². The number of Topliss-reactive ketones (excluding diaryl/α,β-unsaturated/α-hetero) is 1. The molecule has 1 heterocycles. The van der Waals surface area contributed by atoms with Gasteiger partial charge in [-0.25, -0.2) is 0 Å². The first-order valence-corrected chi connectivity index (χ1v) is 9.96. The molecule has 2 aliphatic rings. The van der Waals surface area contributed by atoms with Gasteiger partial charge in [-0.2, -0.15) is 5.26 Å². The molecule has 2 atom stereocenters. The smallest absolute Gasteiger partial charge is 0.167 e. The number of benzene rings is 2. The summed E-state index contributed by atoms with van der Waals surface area (Å²) in [4.78, 5) is 15.3. The molecule has 5 nitrogen and oxygen atoms in total. The van der Waals surface area contributed by atoms with Crippen LogP contribution in [0.4, 0.5) is 0 Å². The van der Waals surface area contributed by atoms with Gasteiger partial charge >= 0.3 is 0 Å². The van der Waals surface area contributed by atoms with Crippen LogP contribution in [0.5, 0.6) is 11.5 Å². The summed E-state index contributed by atoms with van der Waals surface area (Å²) in [7, 11) is 3.15. The summed E-state index contributed by atoms with van der Waals surface area (Å²) in [5.41, 5.74) is 4.32. The van der Waals surface area contributed by atoms with Crippen LogP contribution in [-0.4, -0.2) is 24.9 Å². The first-order valence-electron chi connectivity index (χ1n) is 9.96. The lowest BCUT2D eigenvalue weighted by Gasteiger charge is -2.31. The molecular weight excluding hydrogens is 376 g/mol. The lowest BCUT2D eigenvalue weighted by molar-refractivity contribution is 0.0917. The van der Waals surface area contributed by atoms with Crippen LogP contribution in [0.2, 0.25) is 0 Å². The van der Waals surface area contributed by atoms with Gasteiger partial charge in [-0.1, -0.05) is 36.4 Å². The zero-order valence-corrected chi connectivity index (χ0v) is 17.4. The summed E-state index contributed by atoms with van der Waals surface area (Å²) in [5, 5.41) is 9.92. The van der Waals surface area contributed by atoms with Crippen molar-refractivity contribution in [3.05, 3.63) is 82.7 Å². The van der Waals surface area contributed by atoms with Crippen molar-refractivity contribution < 1.29 is 14.3 Å². The number of ketones is 1.